The number of carbonyl (C=O) groups is 9. The van der Waals surface area contributed by atoms with Crippen molar-refractivity contribution in [1.82, 2.24) is 31.6 Å². The van der Waals surface area contributed by atoms with E-state index in [9.17, 15) is 48.4 Å². The highest BCUT2D eigenvalue weighted by Gasteiger charge is 2.36. The van der Waals surface area contributed by atoms with E-state index >= 15 is 0 Å². The van der Waals surface area contributed by atoms with Crippen molar-refractivity contribution in [2.45, 2.75) is 141 Å². The molecule has 0 unspecified atom stereocenters. The van der Waals surface area contributed by atoms with E-state index in [1.54, 1.807) is 44.3 Å². The number of carbonyl (C=O) groups excluding carboxylic acids is 9. The molecule has 0 bridgehead atoms. The highest BCUT2D eigenvalue weighted by atomic mass is 16.2. The lowest BCUT2D eigenvalue weighted by Gasteiger charge is -2.28. The van der Waals surface area contributed by atoms with E-state index in [-0.39, 0.29) is 114 Å². The van der Waals surface area contributed by atoms with Crippen molar-refractivity contribution < 1.29 is 43.2 Å². The Bertz CT molecular complexity index is 2630. The predicted octanol–water partition coefficient (Wildman–Crippen LogP) is 0.591. The van der Waals surface area contributed by atoms with Crippen molar-refractivity contribution in [3.05, 3.63) is 71.4 Å². The molecular weight excluding hydrogens is 977 g/mol. The molecule has 0 radical (unpaired) electrons. The molecule has 0 saturated carbocycles. The number of primary amides is 1. The Morgan fingerprint density at radius 1 is 0.763 bits per heavy atom. The monoisotopic (exact) mass is 1050 g/mol. The Morgan fingerprint density at radius 2 is 1.43 bits per heavy atom. The maximum atomic E-state index is 14.8. The molecule has 0 aliphatic carbocycles. The number of H-pyrrole nitrogens is 1. The number of hydrogen-bond donors (Lipinski definition) is 11. The lowest BCUT2D eigenvalue weighted by Crippen LogP contribution is -2.59. The van der Waals surface area contributed by atoms with E-state index in [0.29, 0.717) is 11.1 Å². The third-order valence-corrected chi connectivity index (χ3v) is 13.2. The van der Waals surface area contributed by atoms with Gasteiger partial charge in [0.05, 0.1) is 17.7 Å². The average Bonchev–Trinajstić information content (AvgIpc) is 3.78. The smallest absolute Gasteiger partial charge is 0.243 e. The van der Waals surface area contributed by atoms with Gasteiger partial charge in [-0.05, 0) is 93.0 Å². The van der Waals surface area contributed by atoms with Gasteiger partial charge in [0.25, 0.3) is 0 Å². The molecule has 16 N–H and O–H groups in total. The largest absolute Gasteiger partial charge is 0.370 e. The number of nitrogens with two attached hydrogens (primary N) is 5. The summed E-state index contributed by atoms with van der Waals surface area (Å²) in [6.07, 6.45) is 1.76. The molecule has 6 amide bonds. The highest BCUT2D eigenvalue weighted by Crippen LogP contribution is 2.26. The van der Waals surface area contributed by atoms with Crippen LogP contribution in [0.4, 0.5) is 0 Å². The molecule has 7 atom stereocenters. The fraction of sp³-hybridized carbons (Fsp3) is 0.509. The van der Waals surface area contributed by atoms with Crippen molar-refractivity contribution in [3.8, 4) is 6.07 Å². The topological polar surface area (TPSA) is 408 Å². The second-order valence-corrected chi connectivity index (χ2v) is 19.6. The fourth-order valence-corrected chi connectivity index (χ4v) is 9.02. The number of benzene rings is 2. The first-order valence-corrected chi connectivity index (χ1v) is 25.6. The second-order valence-electron chi connectivity index (χ2n) is 19.6. The summed E-state index contributed by atoms with van der Waals surface area (Å²) in [6, 6.07) is 9.46. The standard InChI is InChI=1S/C53H74N14O9/c1-30(2)46-51(76)66-43(24-32-16-18-33(28-54)19-17-32)45(71)26-34(10-8-22-60-52(56)57)44(70)27-35(25-36-29-62-39-13-7-5-12-38(36)39)48(73)64-40(47(55)72)14-6-4-11-37(69)20-21-42(50(75)67-46)65-49(74)41(63-31(3)68)15-9-23-61-53(58)59/h5,7,12-13,16-19,29-30,34-35,40-43,46,62H,4,6,8-11,14-15,20-27H2,1-3H3,(H2,55,72)(H,63,68)(H,64,73)(H,65,74)(H,66,76)(H,67,75)(H4,56,57,60)(H4,58,59,61)/t34-,35-,40+,41+,42+,43-,46+/m1/s1. The molecule has 1 aliphatic rings. The summed E-state index contributed by atoms with van der Waals surface area (Å²) in [5, 5.41) is 23.8. The predicted molar refractivity (Wildman–Crippen MR) is 285 cm³/mol. The Kier molecular flexibility index (Phi) is 24.1. The van der Waals surface area contributed by atoms with Gasteiger partial charge in [-0.15, -0.1) is 0 Å². The molecule has 1 aliphatic heterocycles. The summed E-state index contributed by atoms with van der Waals surface area (Å²) in [4.78, 5) is 136. The van der Waals surface area contributed by atoms with Crippen LogP contribution in [0.5, 0.6) is 0 Å². The van der Waals surface area contributed by atoms with Crippen LogP contribution in [0.3, 0.4) is 0 Å². The highest BCUT2D eigenvalue weighted by molar-refractivity contribution is 5.98. The Labute approximate surface area is 442 Å². The SMILES string of the molecule is CC(=O)N[C@@H](CCCN=C(N)N)C(=O)N[C@H]1CCC(=O)CCCC[C@@H](C(N)=O)NC(=O)[C@H](Cc2c[nH]c3ccccc23)CC(=O)[C@H](CCCN=C(N)N)CC(=O)[C@@H](Cc2ccc(C#N)cc2)NC(=O)[C@H](C(C)C)NC1=O. The number of nitrogens with one attached hydrogen (secondary N) is 6. The van der Waals surface area contributed by atoms with Gasteiger partial charge >= 0.3 is 0 Å². The molecular formula is C53H74N14O9. The second kappa shape index (κ2) is 30.3. The van der Waals surface area contributed by atoms with Crippen molar-refractivity contribution in [3.63, 3.8) is 0 Å². The van der Waals surface area contributed by atoms with Crippen LogP contribution in [0.2, 0.25) is 0 Å². The number of nitrogens with zero attached hydrogens (tertiary/aromatic N) is 3. The van der Waals surface area contributed by atoms with E-state index < -0.39 is 101 Å². The Hall–Kier alpha value is -8.16. The van der Waals surface area contributed by atoms with Crippen LogP contribution in [0.25, 0.3) is 10.9 Å². The third kappa shape index (κ3) is 19.9. The number of aliphatic imine (C=N–C) groups is 2. The van der Waals surface area contributed by atoms with Gasteiger partial charge in [-0.25, -0.2) is 0 Å². The summed E-state index contributed by atoms with van der Waals surface area (Å²) in [5.74, 6) is -8.72. The lowest BCUT2D eigenvalue weighted by atomic mass is 9.83. The van der Waals surface area contributed by atoms with Crippen LogP contribution in [0, 0.1) is 29.1 Å². The van der Waals surface area contributed by atoms with Crippen LogP contribution < -0.4 is 55.3 Å². The van der Waals surface area contributed by atoms with E-state index in [1.807, 2.05) is 30.3 Å². The number of guanidine groups is 2. The van der Waals surface area contributed by atoms with E-state index in [2.05, 4.69) is 41.6 Å². The van der Waals surface area contributed by atoms with Gasteiger partial charge in [-0.3, -0.25) is 53.1 Å². The van der Waals surface area contributed by atoms with Gasteiger partial charge < -0.3 is 60.2 Å². The minimum Gasteiger partial charge on any atom is -0.370 e. The molecule has 23 nitrogen and oxygen atoms in total. The van der Waals surface area contributed by atoms with E-state index in [1.165, 1.54) is 6.92 Å². The summed E-state index contributed by atoms with van der Waals surface area (Å²) in [5.41, 5.74) is 30.3. The summed E-state index contributed by atoms with van der Waals surface area (Å²) < 4.78 is 0. The zero-order valence-electron chi connectivity index (χ0n) is 43.5. The van der Waals surface area contributed by atoms with E-state index in [4.69, 9.17) is 28.7 Å². The van der Waals surface area contributed by atoms with Gasteiger partial charge in [0.2, 0.25) is 35.4 Å². The van der Waals surface area contributed by atoms with Crippen molar-refractivity contribution in [2.75, 3.05) is 13.1 Å². The zero-order valence-corrected chi connectivity index (χ0v) is 43.5. The lowest BCUT2D eigenvalue weighted by molar-refractivity contribution is -0.136. The number of hydrogen-bond acceptors (Lipinski definition) is 12. The summed E-state index contributed by atoms with van der Waals surface area (Å²) in [7, 11) is 0. The molecule has 2 aromatic carbocycles. The quantitative estimate of drug-likeness (QED) is 0.0501. The van der Waals surface area contributed by atoms with Gasteiger partial charge in [-0.2, -0.15) is 5.26 Å². The first-order chi connectivity index (χ1) is 36.1. The summed E-state index contributed by atoms with van der Waals surface area (Å²) >= 11 is 0. The Balaban J connectivity index is 1.78. The maximum Gasteiger partial charge on any atom is 0.243 e. The number of aromatic amines is 1. The fourth-order valence-electron chi connectivity index (χ4n) is 9.02. The first kappa shape index (κ1) is 60.4. The third-order valence-electron chi connectivity index (χ3n) is 13.2. The number of nitriles is 1. The molecule has 4 rings (SSSR count). The molecule has 1 aromatic heterocycles. The summed E-state index contributed by atoms with van der Waals surface area (Å²) in [6.45, 7) is 4.78. The minimum absolute atomic E-state index is 0.00499. The molecule has 23 heteroatoms. The number of aromatic nitrogens is 1. The van der Waals surface area contributed by atoms with Crippen molar-refractivity contribution in [2.24, 2.45) is 56.4 Å². The van der Waals surface area contributed by atoms with Gasteiger partial charge in [0, 0.05) is 74.6 Å². The minimum atomic E-state index is -1.41. The number of para-hydroxylation sites is 1. The molecule has 2 heterocycles. The molecule has 1 fully saturated rings. The molecule has 0 spiro atoms. The number of fused-ring (bicyclic) bond motifs is 1. The maximum absolute atomic E-state index is 14.8. The molecule has 1 saturated heterocycles. The van der Waals surface area contributed by atoms with Crippen LogP contribution in [0.15, 0.2) is 64.7 Å². The van der Waals surface area contributed by atoms with Crippen LogP contribution >= 0.6 is 0 Å². The average molecular weight is 1050 g/mol. The van der Waals surface area contributed by atoms with Gasteiger partial charge in [-0.1, -0.05) is 50.6 Å². The number of amides is 6. The number of Topliss-reactive ketones (excluding diaryl/α,β-unsaturated/α-hetero) is 3. The molecule has 3 aromatic rings. The van der Waals surface area contributed by atoms with Gasteiger partial charge in [0.1, 0.15) is 35.7 Å². The number of rotatable bonds is 17. The van der Waals surface area contributed by atoms with Crippen LogP contribution in [0.1, 0.15) is 115 Å². The first-order valence-electron chi connectivity index (χ1n) is 25.6. The van der Waals surface area contributed by atoms with Crippen molar-refractivity contribution in [1.29, 1.82) is 5.26 Å². The normalized spacial score (nSPS) is 21.2. The molecule has 76 heavy (non-hydrogen) atoms. The Morgan fingerprint density at radius 3 is 2.08 bits per heavy atom. The van der Waals surface area contributed by atoms with Crippen molar-refractivity contribution >= 4 is 75.6 Å². The molecule has 410 valence electrons. The number of ketones is 3. The van der Waals surface area contributed by atoms with Crippen LogP contribution in [-0.2, 0) is 56.0 Å². The van der Waals surface area contributed by atoms with E-state index in [0.717, 1.165) is 16.5 Å². The zero-order chi connectivity index (χ0) is 55.9. The van der Waals surface area contributed by atoms with Gasteiger partial charge in [0.15, 0.2) is 17.7 Å². The van der Waals surface area contributed by atoms with Crippen LogP contribution in [-0.4, -0.2) is 113 Å².